The Labute approximate surface area is 164 Å². The molecule has 0 spiro atoms. The summed E-state index contributed by atoms with van der Waals surface area (Å²) in [5, 5.41) is 0.904. The Bertz CT molecular complexity index is 1060. The maximum atomic E-state index is 12.7. The summed E-state index contributed by atoms with van der Waals surface area (Å²) in [5.74, 6) is 0.178. The number of rotatable bonds is 4. The third kappa shape index (κ3) is 3.43. The number of aryl methyl sites for hydroxylation is 1. The van der Waals surface area contributed by atoms with E-state index in [-0.39, 0.29) is 18.2 Å². The molecule has 3 aromatic heterocycles. The molecule has 0 radical (unpaired) electrons. The van der Waals surface area contributed by atoms with Crippen LogP contribution in [0.4, 0.5) is 0 Å². The lowest BCUT2D eigenvalue weighted by Crippen LogP contribution is -1.99. The van der Waals surface area contributed by atoms with E-state index in [0.29, 0.717) is 23.5 Å². The first-order valence-corrected chi connectivity index (χ1v) is 8.55. The van der Waals surface area contributed by atoms with E-state index in [1.54, 1.807) is 30.7 Å². The zero-order chi connectivity index (χ0) is 17.4. The molecular weight excluding hydrogens is 418 g/mol. The highest BCUT2D eigenvalue weighted by Gasteiger charge is 2.18. The van der Waals surface area contributed by atoms with E-state index in [9.17, 15) is 4.79 Å². The van der Waals surface area contributed by atoms with Crippen LogP contribution in [0.3, 0.4) is 0 Å². The topological polar surface area (TPSA) is 60.9 Å². The molecular formula is C19H15BrClN3O2. The van der Waals surface area contributed by atoms with Crippen molar-refractivity contribution < 1.29 is 9.21 Å². The van der Waals surface area contributed by atoms with Crippen LogP contribution in [0, 0.1) is 6.92 Å². The molecule has 3 heterocycles. The molecule has 132 valence electrons. The van der Waals surface area contributed by atoms with Crippen molar-refractivity contribution in [3.63, 3.8) is 0 Å². The number of ketones is 1. The first-order chi connectivity index (χ1) is 12.1. The number of pyridine rings is 1. The first-order valence-electron chi connectivity index (χ1n) is 7.76. The van der Waals surface area contributed by atoms with Gasteiger partial charge < -0.3 is 8.98 Å². The average Bonchev–Trinajstić information content (AvgIpc) is 3.27. The zero-order valence-corrected chi connectivity index (χ0v) is 16.3. The van der Waals surface area contributed by atoms with E-state index >= 15 is 0 Å². The second-order valence-corrected chi connectivity index (χ2v) is 6.71. The third-order valence-electron chi connectivity index (χ3n) is 4.06. The smallest absolute Gasteiger partial charge is 0.228 e. The fraction of sp³-hybridized carbons (Fsp3) is 0.105. The van der Waals surface area contributed by atoms with Crippen molar-refractivity contribution in [1.29, 1.82) is 0 Å². The normalized spacial score (nSPS) is 10.7. The number of carbonyl (C=O) groups excluding carboxylic acids is 1. The van der Waals surface area contributed by atoms with Crippen LogP contribution >= 0.6 is 28.3 Å². The predicted octanol–water partition coefficient (Wildman–Crippen LogP) is 4.80. The number of imidazole rings is 1. The maximum absolute atomic E-state index is 12.7. The van der Waals surface area contributed by atoms with Gasteiger partial charge in [-0.05, 0) is 37.3 Å². The summed E-state index contributed by atoms with van der Waals surface area (Å²) in [7, 11) is 0. The number of nitrogens with zero attached hydrogens (tertiary/aromatic N) is 3. The second kappa shape index (κ2) is 7.43. The van der Waals surface area contributed by atoms with Gasteiger partial charge in [0.25, 0.3) is 0 Å². The molecule has 0 amide bonds. The van der Waals surface area contributed by atoms with Gasteiger partial charge in [0.2, 0.25) is 5.78 Å². The summed E-state index contributed by atoms with van der Waals surface area (Å²) in [6, 6.07) is 9.04. The fourth-order valence-electron chi connectivity index (χ4n) is 2.76. The predicted molar refractivity (Wildman–Crippen MR) is 105 cm³/mol. The number of carbonyl (C=O) groups is 1. The van der Waals surface area contributed by atoms with Crippen LogP contribution in [0.25, 0.3) is 11.0 Å². The highest BCUT2D eigenvalue weighted by Crippen LogP contribution is 2.27. The summed E-state index contributed by atoms with van der Waals surface area (Å²) in [4.78, 5) is 21.2. The molecule has 0 saturated heterocycles. The van der Waals surface area contributed by atoms with Gasteiger partial charge in [0.05, 0.1) is 18.6 Å². The van der Waals surface area contributed by atoms with Crippen LogP contribution < -0.4 is 0 Å². The molecule has 0 bridgehead atoms. The van der Waals surface area contributed by atoms with Gasteiger partial charge in [-0.25, -0.2) is 4.98 Å². The lowest BCUT2D eigenvalue weighted by Gasteiger charge is -2.04. The molecule has 0 fully saturated rings. The van der Waals surface area contributed by atoms with Gasteiger partial charge in [0, 0.05) is 39.6 Å². The molecule has 0 aliphatic rings. The summed E-state index contributed by atoms with van der Waals surface area (Å²) in [6.07, 6.45) is 7.19. The molecule has 0 atom stereocenters. The Morgan fingerprint density at radius 2 is 2.04 bits per heavy atom. The second-order valence-electron chi connectivity index (χ2n) is 5.79. The summed E-state index contributed by atoms with van der Waals surface area (Å²) >= 11 is 3.38. The van der Waals surface area contributed by atoms with Crippen molar-refractivity contribution in [3.05, 3.63) is 82.3 Å². The van der Waals surface area contributed by atoms with E-state index in [1.807, 2.05) is 36.0 Å². The largest absolute Gasteiger partial charge is 0.451 e. The Morgan fingerprint density at radius 3 is 2.73 bits per heavy atom. The van der Waals surface area contributed by atoms with Crippen molar-refractivity contribution in [2.45, 2.75) is 13.5 Å². The lowest BCUT2D eigenvalue weighted by atomic mass is 10.1. The minimum absolute atomic E-state index is 0. The van der Waals surface area contributed by atoms with E-state index in [4.69, 9.17) is 4.42 Å². The van der Waals surface area contributed by atoms with Gasteiger partial charge in [-0.2, -0.15) is 0 Å². The van der Waals surface area contributed by atoms with Crippen molar-refractivity contribution >= 4 is 45.1 Å². The molecule has 26 heavy (non-hydrogen) atoms. The summed E-state index contributed by atoms with van der Waals surface area (Å²) < 4.78 is 8.74. The maximum Gasteiger partial charge on any atom is 0.228 e. The van der Waals surface area contributed by atoms with E-state index in [2.05, 4.69) is 25.9 Å². The molecule has 0 saturated carbocycles. The summed E-state index contributed by atoms with van der Waals surface area (Å²) in [5.41, 5.74) is 2.98. The molecule has 4 aromatic rings. The average molecular weight is 433 g/mol. The molecule has 7 heteroatoms. The van der Waals surface area contributed by atoms with Crippen molar-refractivity contribution in [1.82, 2.24) is 14.5 Å². The van der Waals surface area contributed by atoms with Crippen molar-refractivity contribution in [2.24, 2.45) is 0 Å². The van der Waals surface area contributed by atoms with E-state index in [0.717, 1.165) is 21.1 Å². The fourth-order valence-corrected chi connectivity index (χ4v) is 3.02. The minimum atomic E-state index is -0.142. The number of aromatic nitrogens is 3. The molecule has 4 rings (SSSR count). The van der Waals surface area contributed by atoms with Crippen LogP contribution in [-0.2, 0) is 6.54 Å². The van der Waals surface area contributed by atoms with Crippen LogP contribution in [0.1, 0.15) is 27.4 Å². The Morgan fingerprint density at radius 1 is 1.27 bits per heavy atom. The Kier molecular flexibility index (Phi) is 5.25. The monoisotopic (exact) mass is 431 g/mol. The summed E-state index contributed by atoms with van der Waals surface area (Å²) in [6.45, 7) is 2.50. The van der Waals surface area contributed by atoms with E-state index < -0.39 is 0 Å². The molecule has 5 nitrogen and oxygen atoms in total. The lowest BCUT2D eigenvalue weighted by molar-refractivity contribution is 0.101. The van der Waals surface area contributed by atoms with Crippen LogP contribution in [0.2, 0.25) is 0 Å². The number of hydrogen-bond donors (Lipinski definition) is 0. The highest BCUT2D eigenvalue weighted by atomic mass is 79.9. The van der Waals surface area contributed by atoms with Gasteiger partial charge in [0.15, 0.2) is 11.3 Å². The van der Waals surface area contributed by atoms with Gasteiger partial charge in [0.1, 0.15) is 0 Å². The van der Waals surface area contributed by atoms with Crippen LogP contribution in [0.5, 0.6) is 0 Å². The van der Waals surface area contributed by atoms with Gasteiger partial charge in [-0.1, -0.05) is 15.9 Å². The highest BCUT2D eigenvalue weighted by molar-refractivity contribution is 9.10. The van der Waals surface area contributed by atoms with Crippen LogP contribution in [0.15, 0.2) is 64.1 Å². The molecule has 0 N–H and O–H groups in total. The number of halogens is 2. The Hall–Kier alpha value is -2.44. The number of benzene rings is 1. The van der Waals surface area contributed by atoms with Gasteiger partial charge in [-0.15, -0.1) is 12.4 Å². The number of fused-ring (bicyclic) bond motifs is 1. The number of furan rings is 1. The molecule has 0 aliphatic heterocycles. The molecule has 1 aromatic carbocycles. The van der Waals surface area contributed by atoms with Crippen molar-refractivity contribution in [3.8, 4) is 0 Å². The zero-order valence-electron chi connectivity index (χ0n) is 13.8. The van der Waals surface area contributed by atoms with Crippen LogP contribution in [-0.4, -0.2) is 20.3 Å². The quantitative estimate of drug-likeness (QED) is 0.435. The number of hydrogen-bond acceptors (Lipinski definition) is 4. The van der Waals surface area contributed by atoms with Gasteiger partial charge >= 0.3 is 0 Å². The SMILES string of the molecule is Cc1ncc(Cn2ccnc2)c2cc(C(=O)c3ccc(Br)cc3)oc12.Cl. The molecule has 0 unspecified atom stereocenters. The first kappa shape index (κ1) is 18.4. The minimum Gasteiger partial charge on any atom is -0.451 e. The van der Waals surface area contributed by atoms with Crippen molar-refractivity contribution in [2.75, 3.05) is 0 Å². The van der Waals surface area contributed by atoms with Gasteiger partial charge in [-0.3, -0.25) is 9.78 Å². The Balaban J connectivity index is 0.00000196. The standard InChI is InChI=1S/C19H14BrN3O2.ClH/c1-12-19-16(14(9-22-12)10-23-7-6-21-11-23)8-17(25-19)18(24)13-2-4-15(20)5-3-13;/h2-9,11H,10H2,1H3;1H. The third-order valence-corrected chi connectivity index (χ3v) is 4.59. The molecule has 0 aliphatic carbocycles. The van der Waals surface area contributed by atoms with E-state index in [1.165, 1.54) is 0 Å².